The van der Waals surface area contributed by atoms with Crippen molar-refractivity contribution >= 4 is 5.91 Å². The molecule has 4 nitrogen and oxygen atoms in total. The third-order valence-electron chi connectivity index (χ3n) is 4.07. The highest BCUT2D eigenvalue weighted by atomic mass is 19.1. The van der Waals surface area contributed by atoms with Gasteiger partial charge in [0, 0.05) is 6.61 Å². The van der Waals surface area contributed by atoms with Crippen LogP contribution in [-0.2, 0) is 20.7 Å². The van der Waals surface area contributed by atoms with Gasteiger partial charge >= 0.3 is 0 Å². The molecule has 146 valence electrons. The summed E-state index contributed by atoms with van der Waals surface area (Å²) in [5.41, 5.74) is 1.31. The third-order valence-corrected chi connectivity index (χ3v) is 4.07. The minimum absolute atomic E-state index is 0.303. The van der Waals surface area contributed by atoms with E-state index in [1.165, 1.54) is 24.3 Å². The molecule has 0 fully saturated rings. The average molecular weight is 377 g/mol. The lowest BCUT2D eigenvalue weighted by Crippen LogP contribution is -2.38. The largest absolute Gasteiger partial charge is 0.379 e. The molecule has 0 saturated heterocycles. The van der Waals surface area contributed by atoms with E-state index in [1.807, 2.05) is 6.92 Å². The summed E-state index contributed by atoms with van der Waals surface area (Å²) in [6, 6.07) is 11.6. The molecule has 0 heterocycles. The van der Waals surface area contributed by atoms with Gasteiger partial charge in [0.25, 0.3) is 0 Å². The van der Waals surface area contributed by atoms with E-state index >= 15 is 0 Å². The van der Waals surface area contributed by atoms with Gasteiger partial charge in [-0.1, -0.05) is 24.3 Å². The predicted octanol–water partition coefficient (Wildman–Crippen LogP) is 3.81. The Morgan fingerprint density at radius 2 is 1.78 bits per heavy atom. The Kier molecular flexibility index (Phi) is 8.36. The van der Waals surface area contributed by atoms with Crippen LogP contribution in [0.25, 0.3) is 0 Å². The normalized spacial score (nSPS) is 13.2. The van der Waals surface area contributed by atoms with Crippen LogP contribution < -0.4 is 5.32 Å². The average Bonchev–Trinajstić information content (AvgIpc) is 2.64. The summed E-state index contributed by atoms with van der Waals surface area (Å²) in [5, 5.41) is 2.88. The van der Waals surface area contributed by atoms with Crippen LogP contribution in [-0.4, -0.2) is 31.8 Å². The van der Waals surface area contributed by atoms with Gasteiger partial charge in [-0.15, -0.1) is 0 Å². The number of nitrogens with one attached hydrogen (secondary N) is 1. The third kappa shape index (κ3) is 7.07. The Hall–Kier alpha value is -2.31. The Labute approximate surface area is 158 Å². The zero-order valence-electron chi connectivity index (χ0n) is 15.6. The molecule has 0 aliphatic heterocycles. The van der Waals surface area contributed by atoms with Crippen molar-refractivity contribution in [1.82, 2.24) is 5.32 Å². The maximum atomic E-state index is 13.7. The van der Waals surface area contributed by atoms with Crippen molar-refractivity contribution < 1.29 is 23.0 Å². The second kappa shape index (κ2) is 10.7. The Morgan fingerprint density at radius 3 is 2.44 bits per heavy atom. The summed E-state index contributed by atoms with van der Waals surface area (Å²) in [7, 11) is 0. The second-order valence-corrected chi connectivity index (χ2v) is 6.16. The van der Waals surface area contributed by atoms with E-state index in [2.05, 4.69) is 5.32 Å². The highest BCUT2D eigenvalue weighted by Crippen LogP contribution is 2.20. The number of carbonyl (C=O) groups excluding carboxylic acids is 1. The molecule has 0 radical (unpaired) electrons. The maximum absolute atomic E-state index is 13.7. The summed E-state index contributed by atoms with van der Waals surface area (Å²) in [6.07, 6.45) is -0.354. The molecule has 0 bridgehead atoms. The van der Waals surface area contributed by atoms with E-state index in [1.54, 1.807) is 31.2 Å². The van der Waals surface area contributed by atoms with Gasteiger partial charge in [0.2, 0.25) is 5.91 Å². The number of ether oxygens (including phenoxy) is 2. The number of benzene rings is 2. The number of hydrogen-bond acceptors (Lipinski definition) is 3. The fraction of sp³-hybridized carbons (Fsp3) is 0.381. The molecule has 0 saturated carbocycles. The van der Waals surface area contributed by atoms with E-state index in [4.69, 9.17) is 9.47 Å². The van der Waals surface area contributed by atoms with Crippen LogP contribution in [0.3, 0.4) is 0 Å². The lowest BCUT2D eigenvalue weighted by atomic mass is 9.98. The SMILES string of the molecule is CCOCCOC(C)C(=O)NC(Cc1cccc(F)c1)c1cccc(F)c1. The Bertz CT molecular complexity index is 739. The minimum atomic E-state index is -0.686. The lowest BCUT2D eigenvalue weighted by molar-refractivity contribution is -0.133. The molecule has 6 heteroatoms. The first kappa shape index (κ1) is 21.0. The monoisotopic (exact) mass is 377 g/mol. The summed E-state index contributed by atoms with van der Waals surface area (Å²) in [5.74, 6) is -1.08. The van der Waals surface area contributed by atoms with Crippen LogP contribution in [0.15, 0.2) is 48.5 Å². The molecule has 0 aromatic heterocycles. The van der Waals surface area contributed by atoms with Crippen molar-refractivity contribution in [2.24, 2.45) is 0 Å². The van der Waals surface area contributed by atoms with E-state index in [0.29, 0.717) is 37.4 Å². The van der Waals surface area contributed by atoms with Crippen LogP contribution in [0.4, 0.5) is 8.78 Å². The molecule has 27 heavy (non-hydrogen) atoms. The van der Waals surface area contributed by atoms with Gasteiger partial charge in [0.15, 0.2) is 0 Å². The van der Waals surface area contributed by atoms with Crippen LogP contribution in [0.1, 0.15) is 31.0 Å². The van der Waals surface area contributed by atoms with Gasteiger partial charge < -0.3 is 14.8 Å². The Morgan fingerprint density at radius 1 is 1.07 bits per heavy atom. The van der Waals surface area contributed by atoms with E-state index in [9.17, 15) is 13.6 Å². The smallest absolute Gasteiger partial charge is 0.249 e. The quantitative estimate of drug-likeness (QED) is 0.641. The summed E-state index contributed by atoms with van der Waals surface area (Å²) in [6.45, 7) is 4.82. The van der Waals surface area contributed by atoms with E-state index in [-0.39, 0.29) is 11.7 Å². The predicted molar refractivity (Wildman–Crippen MR) is 99.3 cm³/mol. The molecule has 2 aromatic rings. The fourth-order valence-corrected chi connectivity index (χ4v) is 2.67. The van der Waals surface area contributed by atoms with Gasteiger partial charge in [-0.05, 0) is 55.7 Å². The van der Waals surface area contributed by atoms with Crippen LogP contribution >= 0.6 is 0 Å². The highest BCUT2D eigenvalue weighted by molar-refractivity contribution is 5.80. The topological polar surface area (TPSA) is 47.6 Å². The van der Waals surface area contributed by atoms with Crippen LogP contribution in [0.5, 0.6) is 0 Å². The molecule has 2 rings (SSSR count). The fourth-order valence-electron chi connectivity index (χ4n) is 2.67. The van der Waals surface area contributed by atoms with Gasteiger partial charge in [-0.3, -0.25) is 4.79 Å². The molecule has 0 aliphatic carbocycles. The van der Waals surface area contributed by atoms with Crippen molar-refractivity contribution in [1.29, 1.82) is 0 Å². The van der Waals surface area contributed by atoms with Gasteiger partial charge in [0.1, 0.15) is 17.7 Å². The van der Waals surface area contributed by atoms with Crippen LogP contribution in [0, 0.1) is 11.6 Å². The molecule has 1 amide bonds. The molecule has 2 unspecified atom stereocenters. The number of amides is 1. The zero-order chi connectivity index (χ0) is 19.6. The van der Waals surface area contributed by atoms with Crippen molar-refractivity contribution in [2.45, 2.75) is 32.4 Å². The minimum Gasteiger partial charge on any atom is -0.379 e. The van der Waals surface area contributed by atoms with Gasteiger partial charge in [-0.2, -0.15) is 0 Å². The second-order valence-electron chi connectivity index (χ2n) is 6.16. The molecule has 1 N–H and O–H groups in total. The lowest BCUT2D eigenvalue weighted by Gasteiger charge is -2.22. The number of hydrogen-bond donors (Lipinski definition) is 1. The van der Waals surface area contributed by atoms with Crippen LogP contribution in [0.2, 0.25) is 0 Å². The van der Waals surface area contributed by atoms with Crippen molar-refractivity contribution in [2.75, 3.05) is 19.8 Å². The zero-order valence-corrected chi connectivity index (χ0v) is 15.6. The number of rotatable bonds is 10. The van der Waals surface area contributed by atoms with E-state index < -0.39 is 18.0 Å². The first-order valence-electron chi connectivity index (χ1n) is 8.99. The van der Waals surface area contributed by atoms with Crippen molar-refractivity contribution in [3.8, 4) is 0 Å². The highest BCUT2D eigenvalue weighted by Gasteiger charge is 2.20. The van der Waals surface area contributed by atoms with Gasteiger partial charge in [0.05, 0.1) is 19.3 Å². The van der Waals surface area contributed by atoms with Crippen molar-refractivity contribution in [3.05, 3.63) is 71.3 Å². The maximum Gasteiger partial charge on any atom is 0.249 e. The molecule has 0 spiro atoms. The molecule has 2 aromatic carbocycles. The standard InChI is InChI=1S/C21H25F2NO3/c1-3-26-10-11-27-15(2)21(25)24-20(17-7-5-9-19(23)14-17)13-16-6-4-8-18(22)12-16/h4-9,12,14-15,20H,3,10-11,13H2,1-2H3,(H,24,25). The first-order valence-corrected chi connectivity index (χ1v) is 8.99. The van der Waals surface area contributed by atoms with Crippen molar-refractivity contribution in [3.63, 3.8) is 0 Å². The Balaban J connectivity index is 2.08. The first-order chi connectivity index (χ1) is 13.0. The summed E-state index contributed by atoms with van der Waals surface area (Å²) >= 11 is 0. The number of halogens is 2. The van der Waals surface area contributed by atoms with Gasteiger partial charge in [-0.25, -0.2) is 8.78 Å². The summed E-state index contributed by atoms with van der Waals surface area (Å²) < 4.78 is 37.8. The summed E-state index contributed by atoms with van der Waals surface area (Å²) in [4.78, 5) is 12.5. The number of carbonyl (C=O) groups is 1. The molecule has 0 aliphatic rings. The molecular weight excluding hydrogens is 352 g/mol. The van der Waals surface area contributed by atoms with E-state index in [0.717, 1.165) is 0 Å². The molecular formula is C21H25F2NO3. The molecule has 2 atom stereocenters.